The van der Waals surface area contributed by atoms with Crippen LogP contribution in [0.25, 0.3) is 5.57 Å². The molecule has 10 nitrogen and oxygen atoms in total. The number of amides is 2. The number of anilines is 2. The molecule has 10 heteroatoms. The Morgan fingerprint density at radius 2 is 1.92 bits per heavy atom. The minimum atomic E-state index is -1.00. The number of esters is 1. The number of amidine groups is 1. The van der Waals surface area contributed by atoms with E-state index in [9.17, 15) is 19.2 Å². The molecule has 4 rings (SSSR count). The molecule has 1 fully saturated rings. The van der Waals surface area contributed by atoms with Crippen molar-refractivity contribution in [2.45, 2.75) is 44.7 Å². The Hall–Kier alpha value is -4.47. The van der Waals surface area contributed by atoms with Crippen molar-refractivity contribution in [2.24, 2.45) is 11.7 Å². The third-order valence-electron chi connectivity index (χ3n) is 7.06. The smallest absolute Gasteiger partial charge is 0.328 e. The zero-order valence-corrected chi connectivity index (χ0v) is 21.9. The van der Waals surface area contributed by atoms with Gasteiger partial charge in [0.05, 0.1) is 6.61 Å². The number of ketones is 1. The number of nitrogens with zero attached hydrogens (tertiary/aromatic N) is 1. The van der Waals surface area contributed by atoms with Crippen LogP contribution < -0.4 is 21.3 Å². The lowest BCUT2D eigenvalue weighted by Crippen LogP contribution is -2.47. The van der Waals surface area contributed by atoms with Crippen LogP contribution in [0.1, 0.15) is 43.7 Å². The Bertz CT molecular complexity index is 1310. The second kappa shape index (κ2) is 11.9. The quantitative estimate of drug-likeness (QED) is 0.197. The van der Waals surface area contributed by atoms with Gasteiger partial charge in [-0.15, -0.1) is 0 Å². The second-order valence-electron chi connectivity index (χ2n) is 9.68. The average Bonchev–Trinajstić information content (AvgIpc) is 3.46. The standard InChI is InChI=1S/C29H33N5O5/c1-3-39-29(38)24(33-27(36)25-17(2)22-6-4-5-7-23(22)32-25)13-12-21(35)16-19-14-15-34(28(19)37)20-10-8-18(9-11-20)26(30)31/h4-11,19,24-25,32H,2-3,12-16H2,1H3,(H3,30,31)(H,33,36). The van der Waals surface area contributed by atoms with Gasteiger partial charge < -0.3 is 26.0 Å². The van der Waals surface area contributed by atoms with Crippen LogP contribution in [0.15, 0.2) is 55.1 Å². The molecule has 2 amide bonds. The van der Waals surface area contributed by atoms with Gasteiger partial charge in [-0.25, -0.2) is 4.79 Å². The SMILES string of the molecule is C=C1c2ccccc2NC1C(=O)NC(CCC(=O)CC1CCN(c2ccc(C(=N)N)cc2)C1=O)C(=O)OCC. The first-order chi connectivity index (χ1) is 18.7. The highest BCUT2D eigenvalue weighted by Crippen LogP contribution is 2.34. The highest BCUT2D eigenvalue weighted by Gasteiger charge is 2.35. The molecule has 0 aliphatic carbocycles. The van der Waals surface area contributed by atoms with Gasteiger partial charge >= 0.3 is 5.97 Å². The maximum atomic E-state index is 13.0. The van der Waals surface area contributed by atoms with Crippen molar-refractivity contribution >= 4 is 46.4 Å². The molecule has 0 bridgehead atoms. The fourth-order valence-electron chi connectivity index (χ4n) is 4.95. The molecule has 39 heavy (non-hydrogen) atoms. The average molecular weight is 532 g/mol. The summed E-state index contributed by atoms with van der Waals surface area (Å²) >= 11 is 0. The van der Waals surface area contributed by atoms with Crippen LogP contribution in [0.2, 0.25) is 0 Å². The van der Waals surface area contributed by atoms with Crippen molar-refractivity contribution < 1.29 is 23.9 Å². The van der Waals surface area contributed by atoms with Gasteiger partial charge in [0.25, 0.3) is 0 Å². The van der Waals surface area contributed by atoms with Gasteiger partial charge in [-0.1, -0.05) is 24.8 Å². The molecule has 2 heterocycles. The fourth-order valence-corrected chi connectivity index (χ4v) is 4.95. The lowest BCUT2D eigenvalue weighted by molar-refractivity contribution is -0.147. The summed E-state index contributed by atoms with van der Waals surface area (Å²) in [7, 11) is 0. The number of para-hydroxylation sites is 1. The molecule has 5 N–H and O–H groups in total. The monoisotopic (exact) mass is 531 g/mol. The van der Waals surface area contributed by atoms with E-state index in [1.165, 1.54) is 0 Å². The van der Waals surface area contributed by atoms with E-state index in [2.05, 4.69) is 17.2 Å². The number of nitrogens with one attached hydrogen (secondary N) is 3. The van der Waals surface area contributed by atoms with Crippen LogP contribution >= 0.6 is 0 Å². The number of carbonyl (C=O) groups excluding carboxylic acids is 4. The lowest BCUT2D eigenvalue weighted by Gasteiger charge is -2.20. The van der Waals surface area contributed by atoms with Gasteiger partial charge in [-0.2, -0.15) is 0 Å². The van der Waals surface area contributed by atoms with Crippen LogP contribution in [0, 0.1) is 11.3 Å². The molecule has 2 aliphatic rings. The van der Waals surface area contributed by atoms with E-state index < -0.39 is 29.9 Å². The Morgan fingerprint density at radius 3 is 2.59 bits per heavy atom. The van der Waals surface area contributed by atoms with Gasteiger partial charge in [0, 0.05) is 47.8 Å². The molecule has 0 saturated carbocycles. The van der Waals surface area contributed by atoms with E-state index in [-0.39, 0.29) is 43.4 Å². The first-order valence-electron chi connectivity index (χ1n) is 13.0. The molecule has 1 saturated heterocycles. The van der Waals surface area contributed by atoms with E-state index in [0.717, 1.165) is 11.3 Å². The van der Waals surface area contributed by atoms with Gasteiger partial charge in [0.2, 0.25) is 11.8 Å². The summed E-state index contributed by atoms with van der Waals surface area (Å²) in [6.45, 7) is 6.31. The van der Waals surface area contributed by atoms with Crippen LogP contribution in [-0.4, -0.2) is 54.6 Å². The zero-order valence-electron chi connectivity index (χ0n) is 21.9. The zero-order chi connectivity index (χ0) is 28.1. The highest BCUT2D eigenvalue weighted by molar-refractivity contribution is 6.05. The molecule has 3 unspecified atom stereocenters. The summed E-state index contributed by atoms with van der Waals surface area (Å²) < 4.78 is 5.14. The van der Waals surface area contributed by atoms with Crippen LogP contribution in [0.5, 0.6) is 0 Å². The molecule has 204 valence electrons. The Kier molecular flexibility index (Phi) is 8.43. The van der Waals surface area contributed by atoms with Gasteiger partial charge in [0.1, 0.15) is 23.7 Å². The Balaban J connectivity index is 1.32. The second-order valence-corrected chi connectivity index (χ2v) is 9.68. The number of ether oxygens (including phenoxy) is 1. The van der Waals surface area contributed by atoms with E-state index in [0.29, 0.717) is 29.8 Å². The molecule has 0 spiro atoms. The number of benzene rings is 2. The molecule has 2 aromatic carbocycles. The van der Waals surface area contributed by atoms with Crippen molar-refractivity contribution in [1.82, 2.24) is 5.32 Å². The summed E-state index contributed by atoms with van der Waals surface area (Å²) in [4.78, 5) is 53.1. The third kappa shape index (κ3) is 6.17. The summed E-state index contributed by atoms with van der Waals surface area (Å²) in [6.07, 6.45) is 0.667. The van der Waals surface area contributed by atoms with Gasteiger partial charge in [-0.05, 0) is 55.7 Å². The first kappa shape index (κ1) is 27.6. The minimum absolute atomic E-state index is 0.0140. The van der Waals surface area contributed by atoms with Crippen LogP contribution in [0.3, 0.4) is 0 Å². The molecule has 2 aliphatic heterocycles. The predicted octanol–water partition coefficient (Wildman–Crippen LogP) is 2.62. The number of nitrogen functional groups attached to an aromatic ring is 1. The summed E-state index contributed by atoms with van der Waals surface area (Å²) in [5, 5.41) is 13.3. The van der Waals surface area contributed by atoms with Gasteiger partial charge in [-0.3, -0.25) is 19.8 Å². The normalized spacial score (nSPS) is 18.7. The highest BCUT2D eigenvalue weighted by atomic mass is 16.5. The molecule has 2 aromatic rings. The number of hydrogen-bond acceptors (Lipinski definition) is 7. The summed E-state index contributed by atoms with van der Waals surface area (Å²) in [5.41, 5.74) is 8.98. The lowest BCUT2D eigenvalue weighted by atomic mass is 9.97. The molecular formula is C29H33N5O5. The topological polar surface area (TPSA) is 155 Å². The van der Waals surface area contributed by atoms with Gasteiger partial charge in [0.15, 0.2) is 0 Å². The van der Waals surface area contributed by atoms with Crippen molar-refractivity contribution in [2.75, 3.05) is 23.4 Å². The fraction of sp³-hybridized carbons (Fsp3) is 0.345. The van der Waals surface area contributed by atoms with Crippen molar-refractivity contribution in [3.8, 4) is 0 Å². The predicted molar refractivity (Wildman–Crippen MR) is 148 cm³/mol. The maximum absolute atomic E-state index is 13.0. The number of rotatable bonds is 11. The van der Waals surface area contributed by atoms with E-state index >= 15 is 0 Å². The maximum Gasteiger partial charge on any atom is 0.328 e. The number of hydrogen-bond donors (Lipinski definition) is 4. The third-order valence-corrected chi connectivity index (χ3v) is 7.06. The molecule has 0 aromatic heterocycles. The van der Waals surface area contributed by atoms with Crippen molar-refractivity contribution in [3.63, 3.8) is 0 Å². The number of fused-ring (bicyclic) bond motifs is 1. The molecule has 3 atom stereocenters. The number of carbonyl (C=O) groups is 4. The molecular weight excluding hydrogens is 498 g/mol. The van der Waals surface area contributed by atoms with Crippen molar-refractivity contribution in [1.29, 1.82) is 5.41 Å². The van der Waals surface area contributed by atoms with Crippen LogP contribution in [0.4, 0.5) is 11.4 Å². The molecule has 0 radical (unpaired) electrons. The largest absolute Gasteiger partial charge is 0.464 e. The Labute approximate surface area is 227 Å². The minimum Gasteiger partial charge on any atom is -0.464 e. The van der Waals surface area contributed by atoms with E-state index in [4.69, 9.17) is 15.9 Å². The van der Waals surface area contributed by atoms with Crippen molar-refractivity contribution in [3.05, 3.63) is 66.2 Å². The number of Topliss-reactive ketones (excluding diaryl/α,β-unsaturated/α-hetero) is 1. The Morgan fingerprint density at radius 1 is 1.21 bits per heavy atom. The van der Waals surface area contributed by atoms with Crippen LogP contribution in [-0.2, 0) is 23.9 Å². The summed E-state index contributed by atoms with van der Waals surface area (Å²) in [6, 6.07) is 12.5. The van der Waals surface area contributed by atoms with E-state index in [1.54, 1.807) is 36.1 Å². The van der Waals surface area contributed by atoms with E-state index in [1.807, 2.05) is 24.3 Å². The number of nitrogens with two attached hydrogens (primary N) is 1. The first-order valence-corrected chi connectivity index (χ1v) is 13.0. The summed E-state index contributed by atoms with van der Waals surface area (Å²) in [5.74, 6) is -1.85.